The van der Waals surface area contributed by atoms with Crippen LogP contribution in [0.3, 0.4) is 0 Å². The molecule has 0 nitrogen and oxygen atoms in total. The van der Waals surface area contributed by atoms with Crippen LogP contribution in [-0.2, 0) is 5.41 Å². The lowest BCUT2D eigenvalue weighted by Gasteiger charge is -2.45. The number of hydrogen-bond donors (Lipinski definition) is 0. The second-order valence-corrected chi connectivity index (χ2v) is 16.2. The molecule has 3 aliphatic carbocycles. The molecule has 2 atom stereocenters. The monoisotopic (exact) mass is 656 g/mol. The van der Waals surface area contributed by atoms with Crippen LogP contribution in [0.2, 0.25) is 0 Å². The lowest BCUT2D eigenvalue weighted by atomic mass is 9.64. The Morgan fingerprint density at radius 3 is 1.68 bits per heavy atom. The summed E-state index contributed by atoms with van der Waals surface area (Å²) in [5.74, 6) is 1.19. The minimum Gasteiger partial charge on any atom is -0.0845 e. The van der Waals surface area contributed by atoms with Crippen LogP contribution >= 0.6 is 7.92 Å². The van der Waals surface area contributed by atoms with Gasteiger partial charge >= 0.3 is 0 Å². The van der Waals surface area contributed by atoms with Gasteiger partial charge in [-0.2, -0.15) is 0 Å². The molecule has 1 fully saturated rings. The number of rotatable bonds is 5. The fraction of sp³-hybridized carbons (Fsp3) is 0.102. The van der Waals surface area contributed by atoms with E-state index in [2.05, 4.69) is 188 Å². The van der Waals surface area contributed by atoms with Crippen molar-refractivity contribution in [3.8, 4) is 0 Å². The van der Waals surface area contributed by atoms with Gasteiger partial charge in [0.15, 0.2) is 0 Å². The maximum Gasteiger partial charge on any atom is 0.0689 e. The summed E-state index contributed by atoms with van der Waals surface area (Å²) in [5.41, 5.74) is 13.7. The molecule has 0 saturated heterocycles. The summed E-state index contributed by atoms with van der Waals surface area (Å²) in [4.78, 5) is 0. The Morgan fingerprint density at radius 1 is 0.520 bits per heavy atom. The lowest BCUT2D eigenvalue weighted by Crippen LogP contribution is -2.45. The van der Waals surface area contributed by atoms with E-state index >= 15 is 0 Å². The molecule has 50 heavy (non-hydrogen) atoms. The predicted molar refractivity (Wildman–Crippen MR) is 214 cm³/mol. The summed E-state index contributed by atoms with van der Waals surface area (Å²) in [6.45, 7) is 0. The van der Waals surface area contributed by atoms with Crippen LogP contribution in [0, 0.1) is 11.8 Å². The average Bonchev–Trinajstić information content (AvgIpc) is 3.92. The van der Waals surface area contributed by atoms with Crippen LogP contribution in [0.15, 0.2) is 169 Å². The fourth-order valence-corrected chi connectivity index (χ4v) is 11.6. The summed E-state index contributed by atoms with van der Waals surface area (Å²) in [6, 6.07) is 56.8. The van der Waals surface area contributed by atoms with Crippen LogP contribution in [0.1, 0.15) is 57.3 Å². The lowest BCUT2D eigenvalue weighted by molar-refractivity contribution is 0.683. The highest BCUT2D eigenvalue weighted by molar-refractivity contribution is 7.80. The van der Waals surface area contributed by atoms with Gasteiger partial charge in [-0.25, -0.2) is 0 Å². The summed E-state index contributed by atoms with van der Waals surface area (Å²) < 4.78 is 0. The zero-order valence-electron chi connectivity index (χ0n) is 27.9. The van der Waals surface area contributed by atoms with Gasteiger partial charge in [-0.15, -0.1) is 0 Å². The highest BCUT2D eigenvalue weighted by Crippen LogP contribution is 2.66. The molecular formula is C49H37P. The van der Waals surface area contributed by atoms with Crippen molar-refractivity contribution in [3.63, 3.8) is 0 Å². The highest BCUT2D eigenvalue weighted by Gasteiger charge is 2.58. The number of hydrogen-bond acceptors (Lipinski definition) is 0. The molecule has 0 radical (unpaired) electrons. The van der Waals surface area contributed by atoms with Crippen molar-refractivity contribution in [2.75, 3.05) is 0 Å². The molecule has 0 aromatic heterocycles. The van der Waals surface area contributed by atoms with E-state index in [0.717, 1.165) is 6.42 Å². The second kappa shape index (κ2) is 11.9. The molecule has 1 saturated carbocycles. The topological polar surface area (TPSA) is 0 Å². The Bertz CT molecular complexity index is 2270. The summed E-state index contributed by atoms with van der Waals surface area (Å²) >= 11 is 0. The van der Waals surface area contributed by atoms with Crippen molar-refractivity contribution in [2.45, 2.75) is 18.3 Å². The third-order valence-electron chi connectivity index (χ3n) is 11.2. The molecule has 0 amide bonds. The summed E-state index contributed by atoms with van der Waals surface area (Å²) in [6.07, 6.45) is 16.4. The van der Waals surface area contributed by atoms with Crippen LogP contribution < -0.4 is 15.9 Å². The Morgan fingerprint density at radius 2 is 1.06 bits per heavy atom. The number of allylic oxidation sites excluding steroid dienone is 4. The van der Waals surface area contributed by atoms with E-state index in [1.165, 1.54) is 66.8 Å². The van der Waals surface area contributed by atoms with Crippen molar-refractivity contribution in [3.05, 3.63) is 214 Å². The summed E-state index contributed by atoms with van der Waals surface area (Å²) in [7, 11) is -0.779. The molecule has 6 aromatic rings. The zero-order chi connectivity index (χ0) is 33.1. The maximum absolute atomic E-state index is 2.56. The third kappa shape index (κ3) is 4.70. The van der Waals surface area contributed by atoms with Gasteiger partial charge in [0.2, 0.25) is 0 Å². The first-order valence-electron chi connectivity index (χ1n) is 17.9. The van der Waals surface area contributed by atoms with Gasteiger partial charge in [-0.3, -0.25) is 0 Å². The molecule has 0 N–H and O–H groups in total. The first-order chi connectivity index (χ1) is 24.8. The highest BCUT2D eigenvalue weighted by atomic mass is 31.1. The predicted octanol–water partition coefficient (Wildman–Crippen LogP) is 10.8. The van der Waals surface area contributed by atoms with Crippen molar-refractivity contribution < 1.29 is 0 Å². The van der Waals surface area contributed by atoms with Crippen molar-refractivity contribution in [2.24, 2.45) is 11.8 Å². The minimum absolute atomic E-state index is 0.344. The Balaban J connectivity index is 1.28. The SMILES string of the molecule is C1=CC2CC2C2=C(C1)c1ccccc1C21c2cc(/C=C/c3ccccc3)ccc2P(c2ccccc2)c2ccc(/C=C/c3ccccc3)cc21. The van der Waals surface area contributed by atoms with Gasteiger partial charge in [0, 0.05) is 0 Å². The Hall–Kier alpha value is -5.29. The van der Waals surface area contributed by atoms with Crippen LogP contribution in [0.25, 0.3) is 29.9 Å². The van der Waals surface area contributed by atoms with E-state index in [0.29, 0.717) is 11.8 Å². The largest absolute Gasteiger partial charge is 0.0845 e. The van der Waals surface area contributed by atoms with Crippen LogP contribution in [-0.4, -0.2) is 0 Å². The first kappa shape index (κ1) is 29.6. The molecule has 238 valence electrons. The molecular weight excluding hydrogens is 620 g/mol. The Labute approximate surface area is 296 Å². The van der Waals surface area contributed by atoms with Gasteiger partial charge < -0.3 is 0 Å². The minimum atomic E-state index is -0.779. The summed E-state index contributed by atoms with van der Waals surface area (Å²) in [5, 5.41) is 4.38. The standard InChI is InChI=1S/C49H37P/c1-4-13-34(14-5-1)23-25-36-27-29-46-44(31-36)49(43-22-11-10-20-40(43)41-21-12-17-38-33-42(38)48(41)49)45-32-37(26-24-35-15-6-2-7-16-35)28-30-47(45)50(46)39-18-8-3-9-19-39/h1-20,22-32,38,42H,21,33H2/b25-23+,26-24+. The van der Waals surface area contributed by atoms with E-state index < -0.39 is 7.92 Å². The van der Waals surface area contributed by atoms with Crippen LogP contribution in [0.5, 0.6) is 0 Å². The van der Waals surface area contributed by atoms with E-state index in [4.69, 9.17) is 0 Å². The van der Waals surface area contributed by atoms with Crippen molar-refractivity contribution in [1.82, 2.24) is 0 Å². The molecule has 2 unspecified atom stereocenters. The normalized spacial score (nSPS) is 22.6. The van der Waals surface area contributed by atoms with Gasteiger partial charge in [-0.1, -0.05) is 176 Å². The maximum atomic E-state index is 2.56. The molecule has 1 heteroatoms. The van der Waals surface area contributed by atoms with Gasteiger partial charge in [0.25, 0.3) is 0 Å². The third-order valence-corrected chi connectivity index (χ3v) is 13.7. The van der Waals surface area contributed by atoms with Gasteiger partial charge in [-0.05, 0) is 116 Å². The first-order valence-corrected chi connectivity index (χ1v) is 19.2. The van der Waals surface area contributed by atoms with E-state index in [1.807, 2.05) is 0 Å². The quantitative estimate of drug-likeness (QED) is 0.0984. The zero-order valence-corrected chi connectivity index (χ0v) is 28.8. The van der Waals surface area contributed by atoms with E-state index in [-0.39, 0.29) is 5.41 Å². The smallest absolute Gasteiger partial charge is 0.0689 e. The van der Waals surface area contributed by atoms with E-state index in [1.54, 1.807) is 11.1 Å². The van der Waals surface area contributed by atoms with E-state index in [9.17, 15) is 0 Å². The molecule has 1 heterocycles. The van der Waals surface area contributed by atoms with Gasteiger partial charge in [0.05, 0.1) is 5.41 Å². The molecule has 6 aromatic carbocycles. The van der Waals surface area contributed by atoms with Crippen LogP contribution in [0.4, 0.5) is 0 Å². The second-order valence-electron chi connectivity index (χ2n) is 14.0. The molecule has 4 aliphatic rings. The Kier molecular flexibility index (Phi) is 7.07. The fourth-order valence-electron chi connectivity index (χ4n) is 8.96. The number of fused-ring (bicyclic) bond motifs is 10. The average molecular weight is 657 g/mol. The molecule has 0 bridgehead atoms. The number of benzene rings is 6. The molecule has 1 spiro atoms. The van der Waals surface area contributed by atoms with Crippen molar-refractivity contribution in [1.29, 1.82) is 0 Å². The van der Waals surface area contributed by atoms with Gasteiger partial charge in [0.1, 0.15) is 0 Å². The van der Waals surface area contributed by atoms with Crippen molar-refractivity contribution >= 4 is 53.7 Å². The molecule has 10 rings (SSSR count). The molecule has 1 aliphatic heterocycles.